The standard InChI is InChI=1S/C11H18BrNO2S2/c1-5-6-9(3)13(4)17(14,15)10-7-8(2)11(12)16-10/h7,9H,5-6H2,1-4H3. The molecule has 0 aliphatic rings. The van der Waals surface area contributed by atoms with Gasteiger partial charge in [0.05, 0.1) is 3.79 Å². The second-order valence-electron chi connectivity index (χ2n) is 4.18. The van der Waals surface area contributed by atoms with Crippen LogP contribution in [0.3, 0.4) is 0 Å². The van der Waals surface area contributed by atoms with Crippen LogP contribution in [0, 0.1) is 6.92 Å². The molecule has 1 unspecified atom stereocenters. The first-order chi connectivity index (χ1) is 7.80. The van der Waals surface area contributed by atoms with Gasteiger partial charge in [-0.3, -0.25) is 0 Å². The molecule has 6 heteroatoms. The molecule has 0 radical (unpaired) electrons. The molecule has 1 heterocycles. The summed E-state index contributed by atoms with van der Waals surface area (Å²) >= 11 is 4.63. The highest BCUT2D eigenvalue weighted by atomic mass is 79.9. The molecule has 17 heavy (non-hydrogen) atoms. The number of halogens is 1. The lowest BCUT2D eigenvalue weighted by atomic mass is 10.2. The van der Waals surface area contributed by atoms with E-state index in [0.717, 1.165) is 22.2 Å². The van der Waals surface area contributed by atoms with Gasteiger partial charge >= 0.3 is 0 Å². The van der Waals surface area contributed by atoms with Crippen molar-refractivity contribution >= 4 is 37.3 Å². The van der Waals surface area contributed by atoms with Crippen molar-refractivity contribution in [3.63, 3.8) is 0 Å². The Balaban J connectivity index is 3.02. The molecular weight excluding hydrogens is 322 g/mol. The number of sulfonamides is 1. The van der Waals surface area contributed by atoms with Gasteiger partial charge in [-0.2, -0.15) is 4.31 Å². The van der Waals surface area contributed by atoms with Gasteiger partial charge in [-0.1, -0.05) is 13.3 Å². The third-order valence-corrected chi connectivity index (χ3v) is 7.35. The molecule has 0 saturated heterocycles. The second kappa shape index (κ2) is 5.82. The first-order valence-corrected chi connectivity index (χ1v) is 8.59. The van der Waals surface area contributed by atoms with E-state index >= 15 is 0 Å². The molecule has 3 nitrogen and oxygen atoms in total. The zero-order chi connectivity index (χ0) is 13.2. The Kier molecular flexibility index (Phi) is 5.19. The van der Waals surface area contributed by atoms with E-state index in [1.165, 1.54) is 15.6 Å². The monoisotopic (exact) mass is 339 g/mol. The van der Waals surface area contributed by atoms with E-state index in [1.807, 2.05) is 13.8 Å². The average molecular weight is 340 g/mol. The van der Waals surface area contributed by atoms with E-state index in [1.54, 1.807) is 13.1 Å². The van der Waals surface area contributed by atoms with Crippen molar-refractivity contribution in [2.24, 2.45) is 0 Å². The molecule has 0 aromatic carbocycles. The molecular formula is C11H18BrNO2S2. The molecule has 0 N–H and O–H groups in total. The summed E-state index contributed by atoms with van der Waals surface area (Å²) in [6.45, 7) is 5.90. The van der Waals surface area contributed by atoms with E-state index in [-0.39, 0.29) is 6.04 Å². The Hall–Kier alpha value is 0.0900. The maximum absolute atomic E-state index is 12.3. The van der Waals surface area contributed by atoms with E-state index in [4.69, 9.17) is 0 Å². The molecule has 1 aromatic rings. The Morgan fingerprint density at radius 1 is 1.53 bits per heavy atom. The van der Waals surface area contributed by atoms with Crippen LogP contribution in [0.2, 0.25) is 0 Å². The van der Waals surface area contributed by atoms with Crippen molar-refractivity contribution in [1.82, 2.24) is 4.31 Å². The SMILES string of the molecule is CCCC(C)N(C)S(=O)(=O)c1cc(C)c(Br)s1. The van der Waals surface area contributed by atoms with Crippen molar-refractivity contribution in [2.75, 3.05) is 7.05 Å². The number of rotatable bonds is 5. The number of thiophene rings is 1. The molecule has 0 fully saturated rings. The lowest BCUT2D eigenvalue weighted by Crippen LogP contribution is -2.34. The predicted molar refractivity (Wildman–Crippen MR) is 76.1 cm³/mol. The number of aryl methyl sites for hydroxylation is 1. The molecule has 0 spiro atoms. The third kappa shape index (κ3) is 3.30. The smallest absolute Gasteiger partial charge is 0.206 e. The summed E-state index contributed by atoms with van der Waals surface area (Å²) in [7, 11) is -1.69. The lowest BCUT2D eigenvalue weighted by Gasteiger charge is -2.23. The zero-order valence-corrected chi connectivity index (χ0v) is 13.7. The van der Waals surface area contributed by atoms with Gasteiger partial charge in [-0.05, 0) is 47.8 Å². The molecule has 0 amide bonds. The highest BCUT2D eigenvalue weighted by Crippen LogP contribution is 2.32. The molecule has 1 atom stereocenters. The quantitative estimate of drug-likeness (QED) is 0.821. The third-order valence-electron chi connectivity index (χ3n) is 2.80. The van der Waals surface area contributed by atoms with Crippen LogP contribution in [-0.4, -0.2) is 25.8 Å². The second-order valence-corrected chi connectivity index (χ2v) is 8.78. The highest BCUT2D eigenvalue weighted by Gasteiger charge is 2.27. The first-order valence-electron chi connectivity index (χ1n) is 5.54. The highest BCUT2D eigenvalue weighted by molar-refractivity contribution is 9.11. The molecule has 0 aliphatic heterocycles. The van der Waals surface area contributed by atoms with Gasteiger partial charge in [0.15, 0.2) is 0 Å². The van der Waals surface area contributed by atoms with Crippen molar-refractivity contribution < 1.29 is 8.42 Å². The molecule has 1 rings (SSSR count). The summed E-state index contributed by atoms with van der Waals surface area (Å²) in [5, 5.41) is 0. The van der Waals surface area contributed by atoms with Crippen LogP contribution in [0.15, 0.2) is 14.1 Å². The minimum atomic E-state index is -3.34. The van der Waals surface area contributed by atoms with Gasteiger partial charge < -0.3 is 0 Å². The van der Waals surface area contributed by atoms with Gasteiger partial charge in [-0.15, -0.1) is 11.3 Å². The molecule has 1 aromatic heterocycles. The zero-order valence-electron chi connectivity index (χ0n) is 10.5. The van der Waals surface area contributed by atoms with Crippen molar-refractivity contribution in [2.45, 2.75) is 43.9 Å². The molecule has 0 aliphatic carbocycles. The summed E-state index contributed by atoms with van der Waals surface area (Å²) in [6.07, 6.45) is 1.86. The fraction of sp³-hybridized carbons (Fsp3) is 0.636. The number of hydrogen-bond acceptors (Lipinski definition) is 3. The van der Waals surface area contributed by atoms with Crippen LogP contribution in [0.25, 0.3) is 0 Å². The number of nitrogens with zero attached hydrogens (tertiary/aromatic N) is 1. The Morgan fingerprint density at radius 2 is 2.12 bits per heavy atom. The topological polar surface area (TPSA) is 37.4 Å². The van der Waals surface area contributed by atoms with Crippen LogP contribution in [0.1, 0.15) is 32.3 Å². The van der Waals surface area contributed by atoms with Crippen molar-refractivity contribution in [3.05, 3.63) is 15.4 Å². The number of hydrogen-bond donors (Lipinski definition) is 0. The van der Waals surface area contributed by atoms with Crippen LogP contribution in [0.5, 0.6) is 0 Å². The summed E-state index contributed by atoms with van der Waals surface area (Å²) < 4.78 is 27.4. The van der Waals surface area contributed by atoms with Crippen LogP contribution >= 0.6 is 27.3 Å². The molecule has 98 valence electrons. The predicted octanol–water partition coefficient (Wildman–Crippen LogP) is 3.63. The molecule has 0 bridgehead atoms. The largest absolute Gasteiger partial charge is 0.252 e. The summed E-state index contributed by atoms with van der Waals surface area (Å²) in [6, 6.07) is 1.75. The lowest BCUT2D eigenvalue weighted by molar-refractivity contribution is 0.369. The summed E-state index contributed by atoms with van der Waals surface area (Å²) in [5.74, 6) is 0. The van der Waals surface area contributed by atoms with Gasteiger partial charge in [0.1, 0.15) is 4.21 Å². The maximum atomic E-state index is 12.3. The maximum Gasteiger partial charge on any atom is 0.252 e. The van der Waals surface area contributed by atoms with Gasteiger partial charge in [0.2, 0.25) is 0 Å². The van der Waals surface area contributed by atoms with Gasteiger partial charge in [0, 0.05) is 13.1 Å². The van der Waals surface area contributed by atoms with Crippen molar-refractivity contribution in [3.8, 4) is 0 Å². The van der Waals surface area contributed by atoms with Crippen LogP contribution < -0.4 is 0 Å². The summed E-state index contributed by atoms with van der Waals surface area (Å²) in [4.78, 5) is 0. The van der Waals surface area contributed by atoms with Crippen LogP contribution in [-0.2, 0) is 10.0 Å². The molecule has 0 saturated carbocycles. The van der Waals surface area contributed by atoms with E-state index < -0.39 is 10.0 Å². The van der Waals surface area contributed by atoms with E-state index in [9.17, 15) is 8.42 Å². The van der Waals surface area contributed by atoms with E-state index in [0.29, 0.717) is 4.21 Å². The van der Waals surface area contributed by atoms with E-state index in [2.05, 4.69) is 22.9 Å². The summed E-state index contributed by atoms with van der Waals surface area (Å²) in [5.41, 5.74) is 0.963. The normalized spacial score (nSPS) is 14.2. The van der Waals surface area contributed by atoms with Gasteiger partial charge in [0.25, 0.3) is 10.0 Å². The fourth-order valence-corrected chi connectivity index (χ4v) is 5.34. The minimum absolute atomic E-state index is 0.0335. The Bertz CT molecular complexity index is 462. The Labute approximate surface area is 116 Å². The first kappa shape index (κ1) is 15.1. The van der Waals surface area contributed by atoms with Crippen molar-refractivity contribution in [1.29, 1.82) is 0 Å². The fourth-order valence-electron chi connectivity index (χ4n) is 1.54. The van der Waals surface area contributed by atoms with Crippen LogP contribution in [0.4, 0.5) is 0 Å². The Morgan fingerprint density at radius 3 is 2.53 bits per heavy atom. The minimum Gasteiger partial charge on any atom is -0.206 e. The average Bonchev–Trinajstić information content (AvgIpc) is 2.59. The van der Waals surface area contributed by atoms with Gasteiger partial charge in [-0.25, -0.2) is 8.42 Å².